The van der Waals surface area contributed by atoms with Crippen LogP contribution in [0.2, 0.25) is 0 Å². The highest BCUT2D eigenvalue weighted by Gasteiger charge is 2.25. The number of fused-ring (bicyclic) bond motifs is 3. The van der Waals surface area contributed by atoms with Crippen LogP contribution in [0.5, 0.6) is 11.5 Å². The van der Waals surface area contributed by atoms with E-state index in [0.717, 1.165) is 41.7 Å². The monoisotopic (exact) mass is 461 g/mol. The van der Waals surface area contributed by atoms with Crippen LogP contribution in [0, 0.1) is 5.82 Å². The topological polar surface area (TPSA) is 104 Å². The lowest BCUT2D eigenvalue weighted by molar-refractivity contribution is -0.115. The second-order valence-electron chi connectivity index (χ2n) is 8.14. The van der Waals surface area contributed by atoms with Crippen molar-refractivity contribution in [3.8, 4) is 17.2 Å². The molecule has 4 aromatic rings. The van der Waals surface area contributed by atoms with Gasteiger partial charge in [0.05, 0.1) is 31.8 Å². The number of hydrogen-bond donors (Lipinski definition) is 2. The first kappa shape index (κ1) is 21.7. The maximum absolute atomic E-state index is 14.3. The summed E-state index contributed by atoms with van der Waals surface area (Å²) >= 11 is 0. The number of nitrogens with zero attached hydrogens (tertiary/aromatic N) is 3. The molecule has 9 heteroatoms. The molecule has 0 saturated carbocycles. The zero-order valence-corrected chi connectivity index (χ0v) is 18.9. The molecule has 3 N–H and O–H groups in total. The number of halogens is 1. The summed E-state index contributed by atoms with van der Waals surface area (Å²) in [5, 5.41) is 2.82. The highest BCUT2D eigenvalue weighted by atomic mass is 19.1. The Bertz CT molecular complexity index is 1420. The molecule has 0 spiro atoms. The minimum absolute atomic E-state index is 0.121. The van der Waals surface area contributed by atoms with Crippen LogP contribution in [-0.2, 0) is 24.1 Å². The van der Waals surface area contributed by atoms with Gasteiger partial charge in [-0.25, -0.2) is 14.4 Å². The Morgan fingerprint density at radius 3 is 2.76 bits per heavy atom. The molecule has 0 unspecified atom stereocenters. The van der Waals surface area contributed by atoms with Gasteiger partial charge >= 0.3 is 0 Å². The van der Waals surface area contributed by atoms with E-state index in [-0.39, 0.29) is 17.9 Å². The lowest BCUT2D eigenvalue weighted by Gasteiger charge is -2.15. The third kappa shape index (κ3) is 3.68. The Labute approximate surface area is 195 Å². The predicted octanol–water partition coefficient (Wildman–Crippen LogP) is 3.83. The first-order chi connectivity index (χ1) is 16.5. The predicted molar refractivity (Wildman–Crippen MR) is 127 cm³/mol. The molecule has 0 fully saturated rings. The quantitative estimate of drug-likeness (QED) is 0.452. The van der Waals surface area contributed by atoms with Gasteiger partial charge in [-0.15, -0.1) is 0 Å². The second kappa shape index (κ2) is 8.66. The number of nitrogen functional groups attached to an aromatic ring is 1. The number of hydrogen-bond acceptors (Lipinski definition) is 6. The summed E-state index contributed by atoms with van der Waals surface area (Å²) in [5.74, 6) is 0.432. The number of anilines is 2. The molecule has 2 aromatic heterocycles. The van der Waals surface area contributed by atoms with Crippen molar-refractivity contribution >= 4 is 28.4 Å². The molecule has 8 nitrogen and oxygen atoms in total. The molecule has 2 aromatic carbocycles. The van der Waals surface area contributed by atoms with Gasteiger partial charge < -0.3 is 25.1 Å². The van der Waals surface area contributed by atoms with E-state index in [1.165, 1.54) is 38.2 Å². The molecular weight excluding hydrogens is 437 g/mol. The molecule has 5 rings (SSSR count). The molecule has 0 radical (unpaired) electrons. The molecule has 0 saturated heterocycles. The summed E-state index contributed by atoms with van der Waals surface area (Å²) in [6.07, 6.45) is 4.29. The largest absolute Gasteiger partial charge is 0.497 e. The number of amides is 1. The zero-order valence-electron chi connectivity index (χ0n) is 18.9. The van der Waals surface area contributed by atoms with E-state index in [4.69, 9.17) is 15.2 Å². The van der Waals surface area contributed by atoms with E-state index in [0.29, 0.717) is 23.0 Å². The van der Waals surface area contributed by atoms with Gasteiger partial charge in [0, 0.05) is 23.5 Å². The number of carbonyl (C=O) groups is 1. The van der Waals surface area contributed by atoms with Gasteiger partial charge in [0.2, 0.25) is 5.91 Å². The van der Waals surface area contributed by atoms with Crippen molar-refractivity contribution in [1.82, 2.24) is 14.5 Å². The molecule has 0 aliphatic heterocycles. The number of aryl methyl sites for hydroxylation is 1. The van der Waals surface area contributed by atoms with Gasteiger partial charge in [0.25, 0.3) is 0 Å². The normalized spacial score (nSPS) is 12.6. The van der Waals surface area contributed by atoms with Crippen LogP contribution in [0.25, 0.3) is 16.7 Å². The van der Waals surface area contributed by atoms with E-state index in [2.05, 4.69) is 19.9 Å². The van der Waals surface area contributed by atoms with Crippen LogP contribution in [0.4, 0.5) is 15.9 Å². The first-order valence-corrected chi connectivity index (χ1v) is 10.9. The van der Waals surface area contributed by atoms with Gasteiger partial charge in [-0.2, -0.15) is 0 Å². The van der Waals surface area contributed by atoms with Crippen LogP contribution in [0.15, 0.2) is 42.7 Å². The number of nitrogens with one attached hydrogen (secondary N) is 1. The van der Waals surface area contributed by atoms with E-state index in [9.17, 15) is 9.18 Å². The summed E-state index contributed by atoms with van der Waals surface area (Å²) in [5.41, 5.74) is 11.8. The number of aromatic nitrogens is 3. The molecule has 1 aliphatic carbocycles. The van der Waals surface area contributed by atoms with E-state index in [1.54, 1.807) is 12.1 Å². The lowest BCUT2D eigenvalue weighted by atomic mass is 10.1. The van der Waals surface area contributed by atoms with Gasteiger partial charge in [-0.05, 0) is 48.6 Å². The maximum Gasteiger partial charge on any atom is 0.229 e. The van der Waals surface area contributed by atoms with Crippen LogP contribution in [0.3, 0.4) is 0 Å². The van der Waals surface area contributed by atoms with Crippen molar-refractivity contribution in [2.75, 3.05) is 25.3 Å². The van der Waals surface area contributed by atoms with Gasteiger partial charge in [0.1, 0.15) is 29.2 Å². The molecular formula is C25H24FN5O3. The first-order valence-electron chi connectivity index (χ1n) is 10.9. The fourth-order valence-corrected chi connectivity index (χ4v) is 4.57. The average Bonchev–Trinajstić information content (AvgIpc) is 3.42. The van der Waals surface area contributed by atoms with Crippen molar-refractivity contribution in [3.05, 3.63) is 65.4 Å². The van der Waals surface area contributed by atoms with Crippen LogP contribution in [0.1, 0.15) is 23.2 Å². The third-order valence-corrected chi connectivity index (χ3v) is 6.15. The number of carbonyl (C=O) groups excluding carboxylic acids is 1. The van der Waals surface area contributed by atoms with Crippen LogP contribution in [-0.4, -0.2) is 34.7 Å². The van der Waals surface area contributed by atoms with Crippen molar-refractivity contribution in [1.29, 1.82) is 0 Å². The molecule has 1 amide bonds. The third-order valence-electron chi connectivity index (χ3n) is 6.15. The number of methoxy groups -OCH3 is 2. The zero-order chi connectivity index (χ0) is 23.8. The molecule has 34 heavy (non-hydrogen) atoms. The fourth-order valence-electron chi connectivity index (χ4n) is 4.57. The summed E-state index contributed by atoms with van der Waals surface area (Å²) in [6, 6.07) is 9.91. The Morgan fingerprint density at radius 2 is 2.00 bits per heavy atom. The Morgan fingerprint density at radius 1 is 1.15 bits per heavy atom. The Hall–Kier alpha value is -4.14. The molecule has 2 heterocycles. The molecule has 0 bridgehead atoms. The molecule has 0 atom stereocenters. The van der Waals surface area contributed by atoms with Crippen LogP contribution >= 0.6 is 0 Å². The smallest absolute Gasteiger partial charge is 0.229 e. The van der Waals surface area contributed by atoms with Gasteiger partial charge in [-0.1, -0.05) is 6.07 Å². The van der Waals surface area contributed by atoms with E-state index >= 15 is 0 Å². The lowest BCUT2D eigenvalue weighted by Crippen LogP contribution is -2.16. The Balaban J connectivity index is 1.46. The number of ether oxygens (including phenoxy) is 2. The maximum atomic E-state index is 14.3. The second-order valence-corrected chi connectivity index (χ2v) is 8.14. The minimum Gasteiger partial charge on any atom is -0.497 e. The fraction of sp³-hybridized carbons (Fsp3) is 0.240. The minimum atomic E-state index is -0.495. The average molecular weight is 461 g/mol. The summed E-state index contributed by atoms with van der Waals surface area (Å²) in [7, 11) is 3.00. The summed E-state index contributed by atoms with van der Waals surface area (Å²) in [4.78, 5) is 21.3. The number of rotatable bonds is 6. The van der Waals surface area contributed by atoms with Crippen molar-refractivity contribution in [3.63, 3.8) is 0 Å². The molecule has 174 valence electrons. The van der Waals surface area contributed by atoms with Crippen LogP contribution < -0.4 is 20.5 Å². The highest BCUT2D eigenvalue weighted by Crippen LogP contribution is 2.38. The van der Waals surface area contributed by atoms with E-state index in [1.807, 2.05) is 12.1 Å². The van der Waals surface area contributed by atoms with E-state index < -0.39 is 5.82 Å². The highest BCUT2D eigenvalue weighted by molar-refractivity contribution is 5.95. The summed E-state index contributed by atoms with van der Waals surface area (Å²) in [6.45, 7) is 0. The standard InChI is InChI=1S/C25H24FN5O3/c1-33-16-8-6-14(18(26)12-16)10-22(32)30-19-9-7-15(11-21(19)34-2)31-20-5-3-4-17(20)23-24(31)25(27)29-13-28-23/h6-9,11-13H,3-5,10H2,1-2H3,(H,30,32)(H2,27,28,29). The number of nitrogens with two attached hydrogens (primary N) is 1. The molecule has 1 aliphatic rings. The van der Waals surface area contributed by atoms with Crippen molar-refractivity contribution in [2.24, 2.45) is 0 Å². The van der Waals surface area contributed by atoms with Gasteiger partial charge in [0.15, 0.2) is 5.82 Å². The van der Waals surface area contributed by atoms with Gasteiger partial charge in [-0.3, -0.25) is 4.79 Å². The Kier molecular flexibility index (Phi) is 5.53. The van der Waals surface area contributed by atoms with Crippen molar-refractivity contribution in [2.45, 2.75) is 25.7 Å². The SMILES string of the molecule is COc1ccc(CC(=O)Nc2ccc(-n3c4c(c5ncnc(N)c53)CCC4)cc2OC)c(F)c1. The number of benzene rings is 2. The summed E-state index contributed by atoms with van der Waals surface area (Å²) < 4.78 is 26.9. The van der Waals surface area contributed by atoms with Crippen molar-refractivity contribution < 1.29 is 18.7 Å².